The molecule has 2 heterocycles. The maximum Gasteiger partial charge on any atom is 0.290 e. The third-order valence-electron chi connectivity index (χ3n) is 3.12. The zero-order chi connectivity index (χ0) is 14.4. The Kier molecular flexibility index (Phi) is 3.32. The molecule has 0 aliphatic heterocycles. The van der Waals surface area contributed by atoms with E-state index in [0.29, 0.717) is 26.3 Å². The van der Waals surface area contributed by atoms with Crippen LogP contribution in [0.1, 0.15) is 21.1 Å². The Balaban J connectivity index is 2.17. The summed E-state index contributed by atoms with van der Waals surface area (Å²) in [5.74, 6) is -0.247. The molecule has 0 bridgehead atoms. The normalized spacial score (nSPS) is 11.2. The van der Waals surface area contributed by atoms with Crippen LogP contribution in [0.4, 0.5) is 0 Å². The molecule has 3 rings (SSSR count). The Hall–Kier alpha value is -1.36. The van der Waals surface area contributed by atoms with Crippen LogP contribution in [-0.4, -0.2) is 15.7 Å². The second-order valence-corrected chi connectivity index (χ2v) is 6.25. The molecule has 0 spiro atoms. The molecule has 0 radical (unpaired) electrons. The molecule has 0 saturated heterocycles. The molecule has 0 unspecified atom stereocenters. The Morgan fingerprint density at radius 1 is 1.20 bits per heavy atom. The zero-order valence-corrected chi connectivity index (χ0v) is 13.1. The average Bonchev–Trinajstić information content (AvgIpc) is 2.91. The van der Waals surface area contributed by atoms with Gasteiger partial charge in [0.2, 0.25) is 0 Å². The maximum absolute atomic E-state index is 12.6. The summed E-state index contributed by atoms with van der Waals surface area (Å²) in [5, 5.41) is 6.05. The molecule has 1 aromatic carbocycles. The molecule has 102 valence electrons. The van der Waals surface area contributed by atoms with E-state index in [0.717, 1.165) is 10.1 Å². The molecule has 0 aliphatic rings. The van der Waals surface area contributed by atoms with Gasteiger partial charge in [0.1, 0.15) is 4.88 Å². The van der Waals surface area contributed by atoms with E-state index in [1.165, 1.54) is 16.0 Å². The summed E-state index contributed by atoms with van der Waals surface area (Å²) in [6.07, 6.45) is 0. The van der Waals surface area contributed by atoms with Crippen molar-refractivity contribution in [2.24, 2.45) is 0 Å². The number of aryl methyl sites for hydroxylation is 1. The Labute approximate surface area is 129 Å². The first kappa shape index (κ1) is 13.6. The zero-order valence-electron chi connectivity index (χ0n) is 10.8. The number of fused-ring (bicyclic) bond motifs is 1. The SMILES string of the molecule is Cc1nn(C(=O)c2sc3ccccc3c2Cl)c(C)c1Cl. The molecule has 3 nitrogen and oxygen atoms in total. The van der Waals surface area contributed by atoms with Crippen molar-refractivity contribution in [3.05, 3.63) is 50.6 Å². The van der Waals surface area contributed by atoms with Crippen LogP contribution in [0.3, 0.4) is 0 Å². The lowest BCUT2D eigenvalue weighted by Crippen LogP contribution is -2.14. The summed E-state index contributed by atoms with van der Waals surface area (Å²) in [6.45, 7) is 3.53. The van der Waals surface area contributed by atoms with E-state index in [2.05, 4.69) is 5.10 Å². The minimum Gasteiger partial charge on any atom is -0.266 e. The largest absolute Gasteiger partial charge is 0.290 e. The van der Waals surface area contributed by atoms with Crippen molar-refractivity contribution in [2.75, 3.05) is 0 Å². The number of aromatic nitrogens is 2. The van der Waals surface area contributed by atoms with E-state index in [1.807, 2.05) is 24.3 Å². The predicted molar refractivity (Wildman–Crippen MR) is 83.3 cm³/mol. The molecular weight excluding hydrogens is 315 g/mol. The molecule has 0 fully saturated rings. The molecule has 0 N–H and O–H groups in total. The van der Waals surface area contributed by atoms with Gasteiger partial charge < -0.3 is 0 Å². The molecule has 0 atom stereocenters. The van der Waals surface area contributed by atoms with Crippen LogP contribution in [0.15, 0.2) is 24.3 Å². The molecule has 6 heteroatoms. The Morgan fingerprint density at radius 3 is 2.50 bits per heavy atom. The highest BCUT2D eigenvalue weighted by atomic mass is 35.5. The minimum atomic E-state index is -0.247. The summed E-state index contributed by atoms with van der Waals surface area (Å²) in [7, 11) is 0. The average molecular weight is 325 g/mol. The van der Waals surface area contributed by atoms with Crippen LogP contribution in [0.5, 0.6) is 0 Å². The number of hydrogen-bond acceptors (Lipinski definition) is 3. The highest BCUT2D eigenvalue weighted by Gasteiger charge is 2.22. The first-order chi connectivity index (χ1) is 9.50. The van der Waals surface area contributed by atoms with Crippen LogP contribution in [-0.2, 0) is 0 Å². The fourth-order valence-corrected chi connectivity index (χ4v) is 3.62. The van der Waals surface area contributed by atoms with Crippen LogP contribution in [0.25, 0.3) is 10.1 Å². The molecule has 0 aliphatic carbocycles. The summed E-state index contributed by atoms with van der Waals surface area (Å²) < 4.78 is 2.29. The van der Waals surface area contributed by atoms with E-state index in [-0.39, 0.29) is 5.91 Å². The van der Waals surface area contributed by atoms with Gasteiger partial charge in [-0.1, -0.05) is 41.4 Å². The van der Waals surface area contributed by atoms with Gasteiger partial charge in [-0.2, -0.15) is 9.78 Å². The number of hydrogen-bond donors (Lipinski definition) is 0. The number of halogens is 2. The number of benzene rings is 1. The van der Waals surface area contributed by atoms with Gasteiger partial charge in [-0.25, -0.2) is 0 Å². The number of carbonyl (C=O) groups excluding carboxylic acids is 1. The van der Waals surface area contributed by atoms with Gasteiger partial charge in [-0.15, -0.1) is 11.3 Å². The summed E-state index contributed by atoms with van der Waals surface area (Å²) >= 11 is 13.8. The second-order valence-electron chi connectivity index (χ2n) is 4.44. The number of nitrogens with zero attached hydrogens (tertiary/aromatic N) is 2. The lowest BCUT2D eigenvalue weighted by Gasteiger charge is -2.01. The second kappa shape index (κ2) is 4.88. The fraction of sp³-hybridized carbons (Fsp3) is 0.143. The van der Waals surface area contributed by atoms with E-state index in [4.69, 9.17) is 23.2 Å². The predicted octanol–water partition coefficient (Wildman–Crippen LogP) is 4.71. The Bertz CT molecular complexity index is 835. The van der Waals surface area contributed by atoms with Crippen molar-refractivity contribution >= 4 is 50.5 Å². The lowest BCUT2D eigenvalue weighted by molar-refractivity contribution is 0.0946. The van der Waals surface area contributed by atoms with Gasteiger partial charge in [-0.3, -0.25) is 4.79 Å². The van der Waals surface area contributed by atoms with Gasteiger partial charge >= 0.3 is 0 Å². The van der Waals surface area contributed by atoms with E-state index >= 15 is 0 Å². The third-order valence-corrected chi connectivity index (χ3v) is 5.33. The Morgan fingerprint density at radius 2 is 1.90 bits per heavy atom. The number of rotatable bonds is 1. The first-order valence-electron chi connectivity index (χ1n) is 5.94. The quantitative estimate of drug-likeness (QED) is 0.649. The maximum atomic E-state index is 12.6. The highest BCUT2D eigenvalue weighted by Crippen LogP contribution is 2.36. The molecule has 0 saturated carbocycles. The van der Waals surface area contributed by atoms with E-state index < -0.39 is 0 Å². The highest BCUT2D eigenvalue weighted by molar-refractivity contribution is 7.21. The minimum absolute atomic E-state index is 0.247. The van der Waals surface area contributed by atoms with Crippen molar-refractivity contribution in [1.29, 1.82) is 0 Å². The fourth-order valence-electron chi connectivity index (χ4n) is 2.07. The molecule has 0 amide bonds. The van der Waals surface area contributed by atoms with Crippen LogP contribution in [0, 0.1) is 13.8 Å². The summed E-state index contributed by atoms with van der Waals surface area (Å²) in [6, 6.07) is 7.66. The van der Waals surface area contributed by atoms with Gasteiger partial charge in [0.25, 0.3) is 5.91 Å². The van der Waals surface area contributed by atoms with Crippen molar-refractivity contribution in [3.63, 3.8) is 0 Å². The molecular formula is C14H10Cl2N2OS. The summed E-state index contributed by atoms with van der Waals surface area (Å²) in [5.41, 5.74) is 1.26. The van der Waals surface area contributed by atoms with Crippen molar-refractivity contribution in [1.82, 2.24) is 9.78 Å². The van der Waals surface area contributed by atoms with Gasteiger partial charge in [0, 0.05) is 10.1 Å². The van der Waals surface area contributed by atoms with Gasteiger partial charge in [0.15, 0.2) is 0 Å². The third kappa shape index (κ3) is 1.95. The number of thiophene rings is 1. The molecule has 3 aromatic rings. The topological polar surface area (TPSA) is 34.9 Å². The standard InChI is InChI=1S/C14H10Cl2N2OS/c1-7-11(15)8(2)18(17-7)14(19)13-12(16)9-5-3-4-6-10(9)20-13/h3-6H,1-2H3. The smallest absolute Gasteiger partial charge is 0.266 e. The summed E-state index contributed by atoms with van der Waals surface area (Å²) in [4.78, 5) is 13.1. The van der Waals surface area contributed by atoms with Crippen LogP contribution in [0.2, 0.25) is 10.0 Å². The first-order valence-corrected chi connectivity index (χ1v) is 7.51. The van der Waals surface area contributed by atoms with Crippen molar-refractivity contribution < 1.29 is 4.79 Å². The molecule has 20 heavy (non-hydrogen) atoms. The van der Waals surface area contributed by atoms with Crippen LogP contribution < -0.4 is 0 Å². The van der Waals surface area contributed by atoms with E-state index in [1.54, 1.807) is 13.8 Å². The molecule has 2 aromatic heterocycles. The number of carbonyl (C=O) groups is 1. The van der Waals surface area contributed by atoms with Crippen molar-refractivity contribution in [3.8, 4) is 0 Å². The van der Waals surface area contributed by atoms with Gasteiger partial charge in [-0.05, 0) is 19.9 Å². The lowest BCUT2D eigenvalue weighted by atomic mass is 10.2. The van der Waals surface area contributed by atoms with Gasteiger partial charge in [0.05, 0.1) is 21.4 Å². The van der Waals surface area contributed by atoms with E-state index in [9.17, 15) is 4.79 Å². The monoisotopic (exact) mass is 324 g/mol. The van der Waals surface area contributed by atoms with Crippen molar-refractivity contribution in [2.45, 2.75) is 13.8 Å². The van der Waals surface area contributed by atoms with Crippen LogP contribution >= 0.6 is 34.5 Å².